The minimum Gasteiger partial charge on any atom is -0.497 e. The molecule has 0 spiro atoms. The molecule has 0 saturated carbocycles. The van der Waals surface area contributed by atoms with E-state index in [0.717, 1.165) is 68.6 Å². The SMILES string of the molecule is CCOC(=O)CC(c1cc(C)cc(CN2CC=C(OCc3ccccc3)OS2(=O)=O)c1)c1ccc2c(nnn2CCCCOCc2ccc(OC)cc2)c1C. The van der Waals surface area contributed by atoms with Gasteiger partial charge in [0.2, 0.25) is 0 Å². The molecule has 290 valence electrons. The Morgan fingerprint density at radius 3 is 2.45 bits per heavy atom. The van der Waals surface area contributed by atoms with Crippen LogP contribution in [0.5, 0.6) is 5.75 Å². The van der Waals surface area contributed by atoms with Crippen LogP contribution in [0.3, 0.4) is 0 Å². The second-order valence-corrected chi connectivity index (χ2v) is 15.1. The van der Waals surface area contributed by atoms with Gasteiger partial charge in [-0.1, -0.05) is 77.5 Å². The van der Waals surface area contributed by atoms with E-state index in [-0.39, 0.29) is 50.6 Å². The van der Waals surface area contributed by atoms with Gasteiger partial charge in [0, 0.05) is 38.2 Å². The lowest BCUT2D eigenvalue weighted by Gasteiger charge is -2.26. The minimum absolute atomic E-state index is 0.0443. The fraction of sp³-hybridized carbons (Fsp3) is 0.357. The smallest absolute Gasteiger partial charge is 0.388 e. The van der Waals surface area contributed by atoms with Gasteiger partial charge in [-0.25, -0.2) is 4.68 Å². The molecule has 0 bridgehead atoms. The summed E-state index contributed by atoms with van der Waals surface area (Å²) >= 11 is 0. The molecule has 1 atom stereocenters. The van der Waals surface area contributed by atoms with Crippen LogP contribution in [-0.2, 0) is 59.8 Å². The van der Waals surface area contributed by atoms with Crippen molar-refractivity contribution < 1.29 is 36.3 Å². The number of carbonyl (C=O) groups is 1. The van der Waals surface area contributed by atoms with E-state index in [2.05, 4.69) is 10.3 Å². The largest absolute Gasteiger partial charge is 0.497 e. The van der Waals surface area contributed by atoms with Crippen molar-refractivity contribution in [3.63, 3.8) is 0 Å². The van der Waals surface area contributed by atoms with E-state index in [0.29, 0.717) is 19.8 Å². The number of hydrogen-bond acceptors (Lipinski definition) is 10. The van der Waals surface area contributed by atoms with Gasteiger partial charge in [0.15, 0.2) is 0 Å². The quantitative estimate of drug-likeness (QED) is 0.0663. The number of esters is 1. The second kappa shape index (κ2) is 18.4. The highest BCUT2D eigenvalue weighted by molar-refractivity contribution is 7.84. The number of rotatable bonds is 18. The molecule has 13 heteroatoms. The molecule has 0 saturated heterocycles. The summed E-state index contributed by atoms with van der Waals surface area (Å²) in [5.74, 6) is 0.0784. The molecular weight excluding hydrogens is 721 g/mol. The summed E-state index contributed by atoms with van der Waals surface area (Å²) in [5.41, 5.74) is 8.07. The summed E-state index contributed by atoms with van der Waals surface area (Å²) in [5, 5.41) is 9.03. The van der Waals surface area contributed by atoms with Gasteiger partial charge in [-0.2, -0.15) is 12.7 Å². The van der Waals surface area contributed by atoms with E-state index in [1.165, 1.54) is 4.31 Å². The Labute approximate surface area is 322 Å². The highest BCUT2D eigenvalue weighted by Crippen LogP contribution is 2.35. The van der Waals surface area contributed by atoms with Crippen LogP contribution in [0.2, 0.25) is 0 Å². The molecule has 0 amide bonds. The van der Waals surface area contributed by atoms with Crippen LogP contribution < -0.4 is 4.74 Å². The molecular formula is C42H48N4O8S. The van der Waals surface area contributed by atoms with E-state index in [1.54, 1.807) is 20.1 Å². The summed E-state index contributed by atoms with van der Waals surface area (Å²) in [6.07, 6.45) is 3.46. The van der Waals surface area contributed by atoms with Crippen molar-refractivity contribution in [2.75, 3.05) is 26.9 Å². The number of benzene rings is 4. The van der Waals surface area contributed by atoms with Gasteiger partial charge in [-0.15, -0.1) is 5.10 Å². The number of aryl methyl sites for hydroxylation is 3. The van der Waals surface area contributed by atoms with Crippen molar-refractivity contribution in [1.82, 2.24) is 19.3 Å². The van der Waals surface area contributed by atoms with E-state index in [4.69, 9.17) is 23.1 Å². The number of unbranched alkanes of at least 4 members (excludes halogenated alkanes) is 1. The Balaban J connectivity index is 1.15. The fourth-order valence-corrected chi connectivity index (χ4v) is 7.69. The average Bonchev–Trinajstić information content (AvgIpc) is 3.60. The standard InChI is InChI=1S/C42H48N4O8S/c1-5-52-40(47)26-38(35-24-30(2)23-34(25-35)27-45-21-19-41(54-55(45,48)49)53-29-32-11-7-6-8-12-32)37-17-18-39-42(31(37)3)43-44-46(39)20-9-10-22-51-28-33-13-15-36(50-4)16-14-33/h6-8,11-19,23-25,38H,5,9-10,20-22,26-29H2,1-4H3. The Morgan fingerprint density at radius 2 is 1.71 bits per heavy atom. The zero-order chi connectivity index (χ0) is 38.8. The van der Waals surface area contributed by atoms with Gasteiger partial charge in [0.1, 0.15) is 17.9 Å². The Kier molecular flexibility index (Phi) is 13.2. The van der Waals surface area contributed by atoms with Crippen molar-refractivity contribution in [2.24, 2.45) is 0 Å². The zero-order valence-electron chi connectivity index (χ0n) is 31.8. The third-order valence-corrected chi connectivity index (χ3v) is 10.8. The summed E-state index contributed by atoms with van der Waals surface area (Å²) in [4.78, 5) is 13.0. The third-order valence-electron chi connectivity index (χ3n) is 9.48. The van der Waals surface area contributed by atoms with E-state index in [1.807, 2.05) is 103 Å². The summed E-state index contributed by atoms with van der Waals surface area (Å²) in [6.45, 7) is 8.22. The van der Waals surface area contributed by atoms with Crippen molar-refractivity contribution >= 4 is 27.3 Å². The molecule has 2 heterocycles. The molecule has 0 fully saturated rings. The number of hydrogen-bond donors (Lipinski definition) is 0. The number of carbonyl (C=O) groups excluding carboxylic acids is 1. The molecule has 4 aromatic carbocycles. The second-order valence-electron chi connectivity index (χ2n) is 13.5. The van der Waals surface area contributed by atoms with Crippen LogP contribution in [0.4, 0.5) is 0 Å². The minimum atomic E-state index is -4.12. The van der Waals surface area contributed by atoms with Gasteiger partial charge in [-0.05, 0) is 85.2 Å². The van der Waals surface area contributed by atoms with Crippen molar-refractivity contribution in [2.45, 2.75) is 72.3 Å². The highest BCUT2D eigenvalue weighted by Gasteiger charge is 2.31. The van der Waals surface area contributed by atoms with Crippen molar-refractivity contribution in [3.05, 3.63) is 136 Å². The predicted octanol–water partition coefficient (Wildman–Crippen LogP) is 7.27. The maximum absolute atomic E-state index is 13.2. The zero-order valence-corrected chi connectivity index (χ0v) is 32.6. The van der Waals surface area contributed by atoms with Crippen molar-refractivity contribution in [3.8, 4) is 5.75 Å². The van der Waals surface area contributed by atoms with Gasteiger partial charge in [0.05, 0.1) is 32.3 Å². The molecule has 12 nitrogen and oxygen atoms in total. The maximum atomic E-state index is 13.2. The predicted molar refractivity (Wildman–Crippen MR) is 208 cm³/mol. The molecule has 6 rings (SSSR count). The monoisotopic (exact) mass is 768 g/mol. The molecule has 5 aromatic rings. The van der Waals surface area contributed by atoms with E-state index in [9.17, 15) is 13.2 Å². The molecule has 0 N–H and O–H groups in total. The van der Waals surface area contributed by atoms with E-state index < -0.39 is 10.3 Å². The fourth-order valence-electron chi connectivity index (χ4n) is 6.70. The van der Waals surface area contributed by atoms with Crippen molar-refractivity contribution in [1.29, 1.82) is 0 Å². The first-order valence-electron chi connectivity index (χ1n) is 18.5. The first kappa shape index (κ1) is 39.5. The molecule has 0 aliphatic carbocycles. The van der Waals surface area contributed by atoms with Crippen LogP contribution in [-0.4, -0.2) is 60.6 Å². The first-order chi connectivity index (χ1) is 26.6. The molecule has 55 heavy (non-hydrogen) atoms. The van der Waals surface area contributed by atoms with Gasteiger partial charge >= 0.3 is 16.3 Å². The number of ether oxygens (including phenoxy) is 4. The Hall–Kier alpha value is -5.24. The third kappa shape index (κ3) is 10.3. The van der Waals surface area contributed by atoms with Crippen LogP contribution >= 0.6 is 0 Å². The normalized spacial score (nSPS) is 14.6. The van der Waals surface area contributed by atoms with E-state index >= 15 is 0 Å². The summed E-state index contributed by atoms with van der Waals surface area (Å²) in [6, 6.07) is 27.3. The lowest BCUT2D eigenvalue weighted by atomic mass is 9.84. The molecule has 1 unspecified atom stereocenters. The lowest BCUT2D eigenvalue weighted by Crippen LogP contribution is -2.35. The number of nitrogens with zero attached hydrogens (tertiary/aromatic N) is 4. The number of fused-ring (bicyclic) bond motifs is 1. The number of aromatic nitrogens is 3. The summed E-state index contributed by atoms with van der Waals surface area (Å²) in [7, 11) is -2.47. The molecule has 0 radical (unpaired) electrons. The van der Waals surface area contributed by atoms with Gasteiger partial charge in [-0.3, -0.25) is 4.79 Å². The molecule has 1 aliphatic rings. The lowest BCUT2D eigenvalue weighted by molar-refractivity contribution is -0.143. The molecule has 1 aromatic heterocycles. The topological polar surface area (TPSA) is 131 Å². The first-order valence-corrected chi connectivity index (χ1v) is 19.9. The van der Waals surface area contributed by atoms with Crippen LogP contribution in [0.15, 0.2) is 97.0 Å². The average molecular weight is 769 g/mol. The van der Waals surface area contributed by atoms with Crippen LogP contribution in [0.25, 0.3) is 11.0 Å². The number of methoxy groups -OCH3 is 1. The van der Waals surface area contributed by atoms with Gasteiger partial charge < -0.3 is 23.1 Å². The highest BCUT2D eigenvalue weighted by atomic mass is 32.2. The van der Waals surface area contributed by atoms with Gasteiger partial charge in [0.25, 0.3) is 5.95 Å². The van der Waals surface area contributed by atoms with Crippen LogP contribution in [0, 0.1) is 13.8 Å². The maximum Gasteiger partial charge on any atom is 0.388 e. The Morgan fingerprint density at radius 1 is 0.927 bits per heavy atom. The summed E-state index contributed by atoms with van der Waals surface area (Å²) < 4.78 is 57.0. The van der Waals surface area contributed by atoms with Crippen LogP contribution in [0.1, 0.15) is 71.0 Å². The Bertz CT molecular complexity index is 2200. The molecule has 1 aliphatic heterocycles.